The Morgan fingerprint density at radius 3 is 1.55 bits per heavy atom. The molecule has 3 fully saturated rings. The topological polar surface area (TPSA) is 21.7 Å². The minimum absolute atomic E-state index is 0.242. The first-order chi connectivity index (χ1) is 21.4. The number of nitrogens with zero attached hydrogens (tertiary/aromatic N) is 1. The SMILES string of the molecule is CCCCC/C=C\C/C=C\CCCCC1(CCCC/C=C\C/C=C\CCCCC)CC2(C1)CC1(C2)OCC(CCN(C)C)O1. The maximum Gasteiger partial charge on any atom is 0.169 e. The Bertz CT molecular complexity index is 812. The second-order valence-electron chi connectivity index (χ2n) is 15.1. The van der Waals surface area contributed by atoms with Gasteiger partial charge in [-0.15, -0.1) is 0 Å². The van der Waals surface area contributed by atoms with E-state index < -0.39 is 0 Å². The molecule has 0 aromatic heterocycles. The third-order valence-electron chi connectivity index (χ3n) is 10.4. The first-order valence-electron chi connectivity index (χ1n) is 19.0. The third kappa shape index (κ3) is 13.7. The Morgan fingerprint density at radius 1 is 0.614 bits per heavy atom. The van der Waals surface area contributed by atoms with Crippen LogP contribution >= 0.6 is 0 Å². The highest BCUT2D eigenvalue weighted by Crippen LogP contribution is 2.71. The monoisotopic (exact) mass is 610 g/mol. The van der Waals surface area contributed by atoms with Gasteiger partial charge in [-0.1, -0.05) is 101 Å². The quantitative estimate of drug-likeness (QED) is 0.0759. The molecule has 3 aliphatic rings. The fourth-order valence-corrected chi connectivity index (χ4v) is 8.27. The molecule has 1 saturated heterocycles. The van der Waals surface area contributed by atoms with Crippen LogP contribution in [-0.4, -0.2) is 44.0 Å². The van der Waals surface area contributed by atoms with Crippen molar-refractivity contribution in [2.24, 2.45) is 10.8 Å². The summed E-state index contributed by atoms with van der Waals surface area (Å²) >= 11 is 0. The van der Waals surface area contributed by atoms with Gasteiger partial charge in [0.05, 0.1) is 12.7 Å². The zero-order valence-corrected chi connectivity index (χ0v) is 29.6. The first-order valence-corrected chi connectivity index (χ1v) is 19.0. The number of rotatable bonds is 25. The first kappa shape index (κ1) is 37.3. The van der Waals surface area contributed by atoms with E-state index in [2.05, 4.69) is 81.5 Å². The van der Waals surface area contributed by atoms with Crippen LogP contribution in [0.15, 0.2) is 48.6 Å². The summed E-state index contributed by atoms with van der Waals surface area (Å²) in [5.41, 5.74) is 1.07. The molecule has 0 aromatic carbocycles. The number of ether oxygens (including phenoxy) is 2. The van der Waals surface area contributed by atoms with Crippen molar-refractivity contribution in [3.8, 4) is 0 Å². The van der Waals surface area contributed by atoms with Crippen LogP contribution in [0.3, 0.4) is 0 Å². The average Bonchev–Trinajstić information content (AvgIpc) is 3.40. The molecule has 3 heteroatoms. The Hall–Kier alpha value is -1.16. The van der Waals surface area contributed by atoms with Crippen LogP contribution in [-0.2, 0) is 9.47 Å². The van der Waals surface area contributed by atoms with E-state index in [1.165, 1.54) is 116 Å². The minimum Gasteiger partial charge on any atom is -0.347 e. The van der Waals surface area contributed by atoms with E-state index in [0.717, 1.165) is 45.3 Å². The van der Waals surface area contributed by atoms with Gasteiger partial charge in [-0.25, -0.2) is 0 Å². The predicted octanol–water partition coefficient (Wildman–Crippen LogP) is 11.9. The minimum atomic E-state index is -0.242. The lowest BCUT2D eigenvalue weighted by atomic mass is 9.41. The van der Waals surface area contributed by atoms with E-state index >= 15 is 0 Å². The van der Waals surface area contributed by atoms with E-state index in [4.69, 9.17) is 9.47 Å². The molecule has 1 aliphatic heterocycles. The Kier molecular flexibility index (Phi) is 17.7. The molecular weight excluding hydrogens is 538 g/mol. The highest BCUT2D eigenvalue weighted by atomic mass is 16.7. The molecule has 0 amide bonds. The van der Waals surface area contributed by atoms with Gasteiger partial charge in [0.1, 0.15) is 0 Å². The van der Waals surface area contributed by atoms with Crippen molar-refractivity contribution < 1.29 is 9.47 Å². The summed E-state index contributed by atoms with van der Waals surface area (Å²) in [6.07, 6.45) is 49.0. The molecule has 44 heavy (non-hydrogen) atoms. The van der Waals surface area contributed by atoms with Crippen LogP contribution in [0.5, 0.6) is 0 Å². The zero-order valence-electron chi connectivity index (χ0n) is 29.6. The Morgan fingerprint density at radius 2 is 1.09 bits per heavy atom. The lowest BCUT2D eigenvalue weighted by Crippen LogP contribution is -2.62. The second kappa shape index (κ2) is 20.9. The molecule has 0 radical (unpaired) electrons. The van der Waals surface area contributed by atoms with Crippen LogP contribution in [0.1, 0.15) is 162 Å². The summed E-state index contributed by atoms with van der Waals surface area (Å²) in [6, 6.07) is 0. The van der Waals surface area contributed by atoms with E-state index in [-0.39, 0.29) is 11.9 Å². The zero-order chi connectivity index (χ0) is 31.4. The van der Waals surface area contributed by atoms with E-state index in [1.807, 2.05) is 0 Å². The molecule has 2 aliphatic carbocycles. The average molecular weight is 610 g/mol. The summed E-state index contributed by atoms with van der Waals surface area (Å²) in [7, 11) is 4.29. The normalized spacial score (nSPS) is 22.1. The van der Waals surface area contributed by atoms with Gasteiger partial charge in [0, 0.05) is 19.4 Å². The highest BCUT2D eigenvalue weighted by molar-refractivity contribution is 5.14. The standard InChI is InChI=1S/C41H71NO2/c1-5-7-9-11-13-15-17-19-21-23-25-27-30-39(31-28-26-24-22-20-18-16-14-12-10-8-6-2)34-40(35-39)36-41(37-40)43-33-38(44-41)29-32-42(3)4/h13-16,19-22,38H,5-12,17-18,23-37H2,1-4H3/b15-13-,16-14-,21-19-,22-20-. The van der Waals surface area contributed by atoms with Crippen molar-refractivity contribution in [2.45, 2.75) is 173 Å². The van der Waals surface area contributed by atoms with Crippen molar-refractivity contribution in [2.75, 3.05) is 27.2 Å². The summed E-state index contributed by atoms with van der Waals surface area (Å²) in [5.74, 6) is -0.242. The van der Waals surface area contributed by atoms with Crippen molar-refractivity contribution in [1.29, 1.82) is 0 Å². The number of hydrogen-bond donors (Lipinski definition) is 0. The van der Waals surface area contributed by atoms with Gasteiger partial charge in [-0.2, -0.15) is 0 Å². The van der Waals surface area contributed by atoms with Crippen molar-refractivity contribution >= 4 is 0 Å². The van der Waals surface area contributed by atoms with Crippen molar-refractivity contribution in [3.63, 3.8) is 0 Å². The predicted molar refractivity (Wildman–Crippen MR) is 191 cm³/mol. The molecule has 2 saturated carbocycles. The summed E-state index contributed by atoms with van der Waals surface area (Å²) in [5, 5.41) is 0. The van der Waals surface area contributed by atoms with Gasteiger partial charge < -0.3 is 14.4 Å². The van der Waals surface area contributed by atoms with Crippen LogP contribution in [0.4, 0.5) is 0 Å². The molecule has 3 nitrogen and oxygen atoms in total. The van der Waals surface area contributed by atoms with Crippen LogP contribution in [0.2, 0.25) is 0 Å². The molecule has 1 heterocycles. The van der Waals surface area contributed by atoms with Gasteiger partial charge in [-0.3, -0.25) is 0 Å². The second-order valence-corrected chi connectivity index (χ2v) is 15.1. The van der Waals surface area contributed by atoms with E-state index in [1.54, 1.807) is 0 Å². The maximum atomic E-state index is 6.52. The van der Waals surface area contributed by atoms with Crippen molar-refractivity contribution in [3.05, 3.63) is 48.6 Å². The maximum absolute atomic E-state index is 6.52. The number of hydrogen-bond acceptors (Lipinski definition) is 3. The molecular formula is C41H71NO2. The van der Waals surface area contributed by atoms with Gasteiger partial charge in [-0.05, 0) is 121 Å². The van der Waals surface area contributed by atoms with Crippen LogP contribution < -0.4 is 0 Å². The molecule has 0 N–H and O–H groups in total. The molecule has 2 spiro atoms. The highest BCUT2D eigenvalue weighted by Gasteiger charge is 2.67. The van der Waals surface area contributed by atoms with Gasteiger partial charge in [0.2, 0.25) is 0 Å². The molecule has 1 unspecified atom stereocenters. The van der Waals surface area contributed by atoms with Crippen LogP contribution in [0.25, 0.3) is 0 Å². The molecule has 0 aromatic rings. The van der Waals surface area contributed by atoms with Crippen LogP contribution in [0, 0.1) is 10.8 Å². The number of unbranched alkanes of at least 4 members (excludes halogenated alkanes) is 10. The lowest BCUT2D eigenvalue weighted by molar-refractivity contribution is -0.308. The Balaban J connectivity index is 1.36. The molecule has 252 valence electrons. The smallest absolute Gasteiger partial charge is 0.169 e. The van der Waals surface area contributed by atoms with Crippen molar-refractivity contribution in [1.82, 2.24) is 4.90 Å². The molecule has 3 rings (SSSR count). The number of allylic oxidation sites excluding steroid dienone is 8. The van der Waals surface area contributed by atoms with E-state index in [0.29, 0.717) is 10.8 Å². The van der Waals surface area contributed by atoms with Gasteiger partial charge >= 0.3 is 0 Å². The fourth-order valence-electron chi connectivity index (χ4n) is 8.27. The van der Waals surface area contributed by atoms with Gasteiger partial charge in [0.25, 0.3) is 0 Å². The third-order valence-corrected chi connectivity index (χ3v) is 10.4. The Labute approximate surface area is 274 Å². The molecule has 0 bridgehead atoms. The van der Waals surface area contributed by atoms with E-state index in [9.17, 15) is 0 Å². The fraction of sp³-hybridized carbons (Fsp3) is 0.805. The van der Waals surface area contributed by atoms with Gasteiger partial charge in [0.15, 0.2) is 5.79 Å². The largest absolute Gasteiger partial charge is 0.347 e. The molecule has 1 atom stereocenters. The summed E-state index contributed by atoms with van der Waals surface area (Å²) in [4.78, 5) is 2.25. The summed E-state index contributed by atoms with van der Waals surface area (Å²) in [6.45, 7) is 6.42. The summed E-state index contributed by atoms with van der Waals surface area (Å²) < 4.78 is 12.8. The lowest BCUT2D eigenvalue weighted by Gasteiger charge is -2.66.